The van der Waals surface area contributed by atoms with Crippen molar-refractivity contribution >= 4 is 23.3 Å². The smallest absolute Gasteiger partial charge is 0.0489 e. The van der Waals surface area contributed by atoms with E-state index in [2.05, 4.69) is 74.8 Å². The predicted molar refractivity (Wildman–Crippen MR) is 115 cm³/mol. The van der Waals surface area contributed by atoms with Gasteiger partial charge in [0.25, 0.3) is 0 Å². The molecule has 4 heteroatoms. The highest BCUT2D eigenvalue weighted by Crippen LogP contribution is 2.55. The Hall–Kier alpha value is -1.13. The molecular weight excluding hydrogens is 338 g/mol. The number of anilines is 1. The van der Waals surface area contributed by atoms with Gasteiger partial charge in [0.05, 0.1) is 0 Å². The fraction of sp³-hybridized carbons (Fsp3) is 0.636. The summed E-state index contributed by atoms with van der Waals surface area (Å²) in [6.45, 7) is 15.8. The molecule has 0 spiro atoms. The number of rotatable bonds is 6. The second-order valence-electron chi connectivity index (χ2n) is 9.61. The quantitative estimate of drug-likeness (QED) is 0.575. The maximum Gasteiger partial charge on any atom is 0.0489 e. The van der Waals surface area contributed by atoms with E-state index >= 15 is 0 Å². The molecule has 0 amide bonds. The molecule has 0 saturated heterocycles. The van der Waals surface area contributed by atoms with Crippen LogP contribution in [0, 0.1) is 17.3 Å². The molecule has 1 aromatic rings. The molecule has 3 nitrogen and oxygen atoms in total. The van der Waals surface area contributed by atoms with Crippen LogP contribution in [0.25, 0.3) is 5.70 Å². The first-order valence-corrected chi connectivity index (χ1v) is 10.6. The lowest BCUT2D eigenvalue weighted by molar-refractivity contribution is 0.165. The average Bonchev–Trinajstić information content (AvgIpc) is 3.13. The zero-order valence-corrected chi connectivity index (χ0v) is 18.0. The molecule has 1 aromatic carbocycles. The molecule has 2 fully saturated rings. The molecule has 2 saturated carbocycles. The van der Waals surface area contributed by atoms with E-state index < -0.39 is 0 Å². The number of hydrogen-bond donors (Lipinski definition) is 3. The Bertz CT molecular complexity index is 674. The van der Waals surface area contributed by atoms with E-state index in [1.54, 1.807) is 11.9 Å². The minimum Gasteiger partial charge on any atom is -0.387 e. The minimum atomic E-state index is 0.0635. The van der Waals surface area contributed by atoms with Gasteiger partial charge in [0, 0.05) is 34.9 Å². The first-order chi connectivity index (χ1) is 12.1. The Balaban J connectivity index is 1.75. The van der Waals surface area contributed by atoms with Crippen LogP contribution in [0.15, 0.2) is 29.7 Å². The largest absolute Gasteiger partial charge is 0.387 e. The summed E-state index contributed by atoms with van der Waals surface area (Å²) >= 11 is 1.68. The van der Waals surface area contributed by atoms with Crippen LogP contribution < -0.4 is 15.4 Å². The van der Waals surface area contributed by atoms with Gasteiger partial charge in [0.15, 0.2) is 0 Å². The molecule has 0 aromatic heterocycles. The van der Waals surface area contributed by atoms with Crippen molar-refractivity contribution in [3.05, 3.63) is 30.3 Å². The number of hydrogen-bond acceptors (Lipinski definition) is 4. The third-order valence-electron chi connectivity index (χ3n) is 6.19. The van der Waals surface area contributed by atoms with Crippen LogP contribution in [0.3, 0.4) is 0 Å². The summed E-state index contributed by atoms with van der Waals surface area (Å²) in [6, 6.07) is 7.11. The molecule has 144 valence electrons. The molecule has 2 aliphatic carbocycles. The predicted octanol–water partition coefficient (Wildman–Crippen LogP) is 5.51. The average molecular weight is 374 g/mol. The van der Waals surface area contributed by atoms with E-state index in [-0.39, 0.29) is 5.54 Å². The van der Waals surface area contributed by atoms with Crippen LogP contribution in [0.1, 0.15) is 59.4 Å². The number of nitrogens with one attached hydrogen (secondary N) is 3. The summed E-state index contributed by atoms with van der Waals surface area (Å²) in [4.78, 5) is 1.20. The van der Waals surface area contributed by atoms with Crippen molar-refractivity contribution in [2.45, 2.75) is 70.4 Å². The zero-order chi connectivity index (χ0) is 19.1. The van der Waals surface area contributed by atoms with E-state index in [0.29, 0.717) is 11.5 Å². The second kappa shape index (κ2) is 7.12. The standard InChI is InChI=1S/C22H35N3S/c1-14(24-20-16-8-10-17(12-16)22(20,5)6)15-9-11-18(23-7)19(13-15)26-25-21(2,3)4/h9,11,13,16-17,20,23-25H,1,8,10,12H2,2-7H3. The highest BCUT2D eigenvalue weighted by atomic mass is 32.2. The van der Waals surface area contributed by atoms with Gasteiger partial charge < -0.3 is 10.6 Å². The number of fused-ring (bicyclic) bond motifs is 2. The van der Waals surface area contributed by atoms with E-state index in [0.717, 1.165) is 23.2 Å². The van der Waals surface area contributed by atoms with Gasteiger partial charge in [0.1, 0.15) is 0 Å². The third kappa shape index (κ3) is 3.91. The summed E-state index contributed by atoms with van der Waals surface area (Å²) in [6.07, 6.45) is 4.15. The first kappa shape index (κ1) is 19.6. The van der Waals surface area contributed by atoms with Crippen molar-refractivity contribution in [2.75, 3.05) is 12.4 Å². The molecule has 3 N–H and O–H groups in total. The lowest BCUT2D eigenvalue weighted by atomic mass is 9.72. The highest BCUT2D eigenvalue weighted by molar-refractivity contribution is 7.97. The Morgan fingerprint density at radius 3 is 2.54 bits per heavy atom. The summed E-state index contributed by atoms with van der Waals surface area (Å²) in [7, 11) is 1.97. The fourth-order valence-electron chi connectivity index (χ4n) is 4.64. The Morgan fingerprint density at radius 1 is 1.23 bits per heavy atom. The van der Waals surface area contributed by atoms with Gasteiger partial charge in [-0.1, -0.05) is 26.5 Å². The molecule has 26 heavy (non-hydrogen) atoms. The molecule has 3 rings (SSSR count). The van der Waals surface area contributed by atoms with Gasteiger partial charge in [-0.3, -0.25) is 4.72 Å². The van der Waals surface area contributed by atoms with Crippen LogP contribution in [0.4, 0.5) is 5.69 Å². The van der Waals surface area contributed by atoms with Crippen LogP contribution >= 0.6 is 11.9 Å². The van der Waals surface area contributed by atoms with Crippen LogP contribution in [-0.4, -0.2) is 18.6 Å². The molecule has 2 aliphatic rings. The van der Waals surface area contributed by atoms with Crippen LogP contribution in [-0.2, 0) is 0 Å². The second-order valence-corrected chi connectivity index (χ2v) is 10.5. The van der Waals surface area contributed by atoms with Crippen molar-refractivity contribution < 1.29 is 0 Å². The van der Waals surface area contributed by atoms with Gasteiger partial charge in [-0.2, -0.15) is 0 Å². The van der Waals surface area contributed by atoms with Crippen molar-refractivity contribution in [1.29, 1.82) is 0 Å². The summed E-state index contributed by atoms with van der Waals surface area (Å²) in [5.41, 5.74) is 3.80. The van der Waals surface area contributed by atoms with Crippen molar-refractivity contribution in [3.8, 4) is 0 Å². The van der Waals surface area contributed by atoms with E-state index in [1.807, 2.05) is 7.05 Å². The molecule has 2 bridgehead atoms. The fourth-order valence-corrected chi connectivity index (χ4v) is 5.52. The maximum absolute atomic E-state index is 4.38. The molecule has 3 atom stereocenters. The SMILES string of the molecule is C=C(NC1C2CCC(C2)C1(C)C)c1ccc(NC)c(SNC(C)(C)C)c1. The molecule has 0 heterocycles. The van der Waals surface area contributed by atoms with Crippen LogP contribution in [0.5, 0.6) is 0 Å². The third-order valence-corrected chi connectivity index (χ3v) is 7.47. The Kier molecular flexibility index (Phi) is 5.38. The zero-order valence-electron chi connectivity index (χ0n) is 17.2. The lowest BCUT2D eigenvalue weighted by Crippen LogP contribution is -2.45. The van der Waals surface area contributed by atoms with Crippen LogP contribution in [0.2, 0.25) is 0 Å². The van der Waals surface area contributed by atoms with E-state index in [9.17, 15) is 0 Å². The van der Waals surface area contributed by atoms with Gasteiger partial charge in [-0.25, -0.2) is 0 Å². The van der Waals surface area contributed by atoms with Gasteiger partial charge >= 0.3 is 0 Å². The molecule has 3 unspecified atom stereocenters. The maximum atomic E-state index is 4.38. The molecule has 0 radical (unpaired) electrons. The van der Waals surface area contributed by atoms with Gasteiger partial charge in [0.2, 0.25) is 0 Å². The Labute approximate surface area is 163 Å². The van der Waals surface area contributed by atoms with E-state index in [4.69, 9.17) is 0 Å². The number of benzene rings is 1. The Morgan fingerprint density at radius 2 is 1.96 bits per heavy atom. The van der Waals surface area contributed by atoms with Crippen molar-refractivity contribution in [1.82, 2.24) is 10.0 Å². The normalized spacial score (nSPS) is 26.8. The topological polar surface area (TPSA) is 36.1 Å². The molecule has 0 aliphatic heterocycles. The minimum absolute atomic E-state index is 0.0635. The van der Waals surface area contributed by atoms with E-state index in [1.165, 1.54) is 29.7 Å². The van der Waals surface area contributed by atoms with Crippen molar-refractivity contribution in [3.63, 3.8) is 0 Å². The summed E-state index contributed by atoms with van der Waals surface area (Å²) in [5.74, 6) is 1.67. The monoisotopic (exact) mass is 373 g/mol. The highest BCUT2D eigenvalue weighted by Gasteiger charge is 2.52. The summed E-state index contributed by atoms with van der Waals surface area (Å²) in [5, 5.41) is 7.10. The van der Waals surface area contributed by atoms with Gasteiger partial charge in [-0.05, 0) is 86.9 Å². The lowest BCUT2D eigenvalue weighted by Gasteiger charge is -2.39. The molecular formula is C22H35N3S. The first-order valence-electron chi connectivity index (χ1n) is 9.83. The van der Waals surface area contributed by atoms with Gasteiger partial charge in [-0.15, -0.1) is 0 Å². The van der Waals surface area contributed by atoms with Crippen molar-refractivity contribution in [2.24, 2.45) is 17.3 Å². The summed E-state index contributed by atoms with van der Waals surface area (Å²) < 4.78 is 3.51.